The molecule has 0 bridgehead atoms. The van der Waals surface area contributed by atoms with E-state index < -0.39 is 0 Å². The molecule has 1 aromatic carbocycles. The van der Waals surface area contributed by atoms with Crippen molar-refractivity contribution < 1.29 is 4.79 Å². The standard InChI is InChI=1S/C11H13NOS/c1-12(2)11(13)10-7-8-5-3-4-6-9(8)14-10/h3-6,10H,7H2,1-2H3. The maximum absolute atomic E-state index is 11.7. The molecule has 0 saturated carbocycles. The first-order valence-electron chi connectivity index (χ1n) is 4.64. The van der Waals surface area contributed by atoms with E-state index in [1.807, 2.05) is 26.2 Å². The van der Waals surface area contributed by atoms with Crippen LogP contribution in [0.25, 0.3) is 0 Å². The zero-order chi connectivity index (χ0) is 10.1. The molecule has 3 heteroatoms. The van der Waals surface area contributed by atoms with E-state index in [0.717, 1.165) is 6.42 Å². The summed E-state index contributed by atoms with van der Waals surface area (Å²) in [7, 11) is 3.62. The molecule has 1 atom stereocenters. The van der Waals surface area contributed by atoms with Gasteiger partial charge in [0.1, 0.15) is 0 Å². The van der Waals surface area contributed by atoms with Crippen molar-refractivity contribution in [3.8, 4) is 0 Å². The molecule has 1 unspecified atom stereocenters. The van der Waals surface area contributed by atoms with Gasteiger partial charge < -0.3 is 4.90 Å². The maximum Gasteiger partial charge on any atom is 0.235 e. The fourth-order valence-corrected chi connectivity index (χ4v) is 2.95. The number of carbonyl (C=O) groups excluding carboxylic acids is 1. The van der Waals surface area contributed by atoms with Crippen LogP contribution in [0.5, 0.6) is 0 Å². The summed E-state index contributed by atoms with van der Waals surface area (Å²) in [5.74, 6) is 0.214. The highest BCUT2D eigenvalue weighted by Gasteiger charge is 2.28. The third-order valence-corrected chi connectivity index (χ3v) is 3.67. The highest BCUT2D eigenvalue weighted by molar-refractivity contribution is 8.01. The van der Waals surface area contributed by atoms with Gasteiger partial charge in [-0.25, -0.2) is 0 Å². The largest absolute Gasteiger partial charge is 0.348 e. The average molecular weight is 207 g/mol. The van der Waals surface area contributed by atoms with Crippen LogP contribution in [0, 0.1) is 0 Å². The van der Waals surface area contributed by atoms with E-state index in [2.05, 4.69) is 12.1 Å². The van der Waals surface area contributed by atoms with E-state index in [4.69, 9.17) is 0 Å². The third kappa shape index (κ3) is 1.64. The van der Waals surface area contributed by atoms with Crippen molar-refractivity contribution in [1.82, 2.24) is 4.90 Å². The van der Waals surface area contributed by atoms with E-state index in [9.17, 15) is 4.79 Å². The predicted octanol–water partition coefficient (Wildman–Crippen LogP) is 1.79. The minimum atomic E-state index is 0.0856. The summed E-state index contributed by atoms with van der Waals surface area (Å²) in [5, 5.41) is 0.0856. The number of hydrogen-bond donors (Lipinski definition) is 0. The Bertz CT molecular complexity index is 337. The van der Waals surface area contributed by atoms with Crippen molar-refractivity contribution in [2.24, 2.45) is 0 Å². The van der Waals surface area contributed by atoms with Gasteiger partial charge in [-0.15, -0.1) is 11.8 Å². The Labute approximate surface area is 88.3 Å². The summed E-state index contributed by atoms with van der Waals surface area (Å²) in [6.45, 7) is 0. The highest BCUT2D eigenvalue weighted by Crippen LogP contribution is 2.37. The monoisotopic (exact) mass is 207 g/mol. The lowest BCUT2D eigenvalue weighted by Crippen LogP contribution is -2.31. The molecule has 14 heavy (non-hydrogen) atoms. The lowest BCUT2D eigenvalue weighted by atomic mass is 10.1. The lowest BCUT2D eigenvalue weighted by Gasteiger charge is -2.14. The Morgan fingerprint density at radius 3 is 2.79 bits per heavy atom. The van der Waals surface area contributed by atoms with Gasteiger partial charge in [0.25, 0.3) is 0 Å². The fourth-order valence-electron chi connectivity index (χ4n) is 1.61. The third-order valence-electron chi connectivity index (χ3n) is 2.36. The molecule has 0 fully saturated rings. The molecule has 0 saturated heterocycles. The minimum absolute atomic E-state index is 0.0856. The van der Waals surface area contributed by atoms with Crippen LogP contribution in [0.1, 0.15) is 5.56 Å². The molecule has 0 N–H and O–H groups in total. The van der Waals surface area contributed by atoms with Crippen molar-refractivity contribution in [2.45, 2.75) is 16.6 Å². The van der Waals surface area contributed by atoms with E-state index in [1.165, 1.54) is 10.5 Å². The maximum atomic E-state index is 11.7. The first kappa shape index (κ1) is 9.59. The SMILES string of the molecule is CN(C)C(=O)C1Cc2ccccc2S1. The van der Waals surface area contributed by atoms with Gasteiger partial charge >= 0.3 is 0 Å². The van der Waals surface area contributed by atoms with Crippen LogP contribution in [0.3, 0.4) is 0 Å². The number of thioether (sulfide) groups is 1. The number of carbonyl (C=O) groups is 1. The summed E-state index contributed by atoms with van der Waals surface area (Å²) >= 11 is 1.68. The van der Waals surface area contributed by atoms with Gasteiger partial charge in [-0.3, -0.25) is 4.79 Å². The van der Waals surface area contributed by atoms with Crippen molar-refractivity contribution >= 4 is 17.7 Å². The van der Waals surface area contributed by atoms with Gasteiger partial charge in [-0.2, -0.15) is 0 Å². The summed E-state index contributed by atoms with van der Waals surface area (Å²) in [4.78, 5) is 14.6. The van der Waals surface area contributed by atoms with Gasteiger partial charge in [-0.05, 0) is 18.1 Å². The topological polar surface area (TPSA) is 20.3 Å². The molecular formula is C11H13NOS. The van der Waals surface area contributed by atoms with Crippen molar-refractivity contribution in [3.05, 3.63) is 29.8 Å². The summed E-state index contributed by atoms with van der Waals surface area (Å²) in [6.07, 6.45) is 0.873. The van der Waals surface area contributed by atoms with Gasteiger partial charge in [0, 0.05) is 19.0 Å². The van der Waals surface area contributed by atoms with E-state index >= 15 is 0 Å². The van der Waals surface area contributed by atoms with Gasteiger partial charge in [0.2, 0.25) is 5.91 Å². The molecule has 1 aliphatic heterocycles. The van der Waals surface area contributed by atoms with Crippen molar-refractivity contribution in [1.29, 1.82) is 0 Å². The zero-order valence-electron chi connectivity index (χ0n) is 8.36. The van der Waals surface area contributed by atoms with E-state index in [-0.39, 0.29) is 11.2 Å². The van der Waals surface area contributed by atoms with E-state index in [0.29, 0.717) is 0 Å². The second-order valence-corrected chi connectivity index (χ2v) is 4.90. The van der Waals surface area contributed by atoms with Crippen molar-refractivity contribution in [3.63, 3.8) is 0 Å². The van der Waals surface area contributed by atoms with Gasteiger partial charge in [0.05, 0.1) is 5.25 Å². The highest BCUT2D eigenvalue weighted by atomic mass is 32.2. The normalized spacial score (nSPS) is 19.1. The Kier molecular flexibility index (Phi) is 2.50. The first-order chi connectivity index (χ1) is 6.68. The van der Waals surface area contributed by atoms with Crippen LogP contribution >= 0.6 is 11.8 Å². The molecule has 0 spiro atoms. The average Bonchev–Trinajstić information content (AvgIpc) is 2.59. The quantitative estimate of drug-likeness (QED) is 0.700. The van der Waals surface area contributed by atoms with Crippen LogP contribution in [-0.2, 0) is 11.2 Å². The number of benzene rings is 1. The van der Waals surface area contributed by atoms with Crippen LogP contribution in [0.15, 0.2) is 29.2 Å². The summed E-state index contributed by atoms with van der Waals surface area (Å²) < 4.78 is 0. The second kappa shape index (κ2) is 3.65. The Morgan fingerprint density at radius 1 is 1.43 bits per heavy atom. The summed E-state index contributed by atoms with van der Waals surface area (Å²) in [6, 6.07) is 8.24. The number of hydrogen-bond acceptors (Lipinski definition) is 2. The van der Waals surface area contributed by atoms with Crippen LogP contribution in [0.2, 0.25) is 0 Å². The molecule has 1 aromatic rings. The molecule has 1 amide bonds. The number of nitrogens with zero attached hydrogens (tertiary/aromatic N) is 1. The van der Waals surface area contributed by atoms with Crippen LogP contribution in [0.4, 0.5) is 0 Å². The molecule has 74 valence electrons. The molecule has 0 radical (unpaired) electrons. The number of amides is 1. The van der Waals surface area contributed by atoms with Crippen molar-refractivity contribution in [2.75, 3.05) is 14.1 Å². The molecule has 1 aliphatic rings. The van der Waals surface area contributed by atoms with Gasteiger partial charge in [0.15, 0.2) is 0 Å². The molecule has 0 aromatic heterocycles. The molecule has 2 rings (SSSR count). The second-order valence-electron chi connectivity index (χ2n) is 3.65. The smallest absolute Gasteiger partial charge is 0.235 e. The summed E-state index contributed by atoms with van der Waals surface area (Å²) in [5.41, 5.74) is 1.30. The lowest BCUT2D eigenvalue weighted by molar-refractivity contribution is -0.128. The fraction of sp³-hybridized carbons (Fsp3) is 0.364. The Hall–Kier alpha value is -0.960. The van der Waals surface area contributed by atoms with E-state index in [1.54, 1.807) is 16.7 Å². The molecule has 1 heterocycles. The number of rotatable bonds is 1. The first-order valence-corrected chi connectivity index (χ1v) is 5.52. The zero-order valence-corrected chi connectivity index (χ0v) is 9.17. The minimum Gasteiger partial charge on any atom is -0.348 e. The molecule has 0 aliphatic carbocycles. The number of fused-ring (bicyclic) bond motifs is 1. The Balaban J connectivity index is 2.16. The molecular weight excluding hydrogens is 194 g/mol. The van der Waals surface area contributed by atoms with Crippen LogP contribution in [-0.4, -0.2) is 30.2 Å². The molecule has 2 nitrogen and oxygen atoms in total. The van der Waals surface area contributed by atoms with Gasteiger partial charge in [-0.1, -0.05) is 18.2 Å². The Morgan fingerprint density at radius 2 is 2.14 bits per heavy atom. The van der Waals surface area contributed by atoms with Crippen LogP contribution < -0.4 is 0 Å². The predicted molar refractivity (Wildman–Crippen MR) is 58.5 cm³/mol.